The Morgan fingerprint density at radius 1 is 1.08 bits per heavy atom. The van der Waals surface area contributed by atoms with Crippen LogP contribution in [0, 0.1) is 17.8 Å². The normalized spacial score (nSPS) is 34.5. The van der Waals surface area contributed by atoms with E-state index < -0.39 is 0 Å². The van der Waals surface area contributed by atoms with Crippen molar-refractivity contribution < 1.29 is 14.3 Å². The Hall–Kier alpha value is -2.24. The number of hydrazone groups is 1. The molecule has 2 N–H and O–H groups in total. The molecule has 1 heterocycles. The SMILES string of the molecule is O=C(N/N=C/c1ccc2c(c1)OCO2)NC12CC3CC(CC(C3)C1)C2. The number of hydrogen-bond donors (Lipinski definition) is 2. The van der Waals surface area contributed by atoms with Gasteiger partial charge in [-0.1, -0.05) is 0 Å². The number of benzene rings is 1. The van der Waals surface area contributed by atoms with Crippen LogP contribution in [0.1, 0.15) is 44.1 Å². The zero-order valence-corrected chi connectivity index (χ0v) is 14.2. The minimum absolute atomic E-state index is 0.00705. The molecule has 1 aliphatic heterocycles. The zero-order chi connectivity index (χ0) is 16.9. The number of carbonyl (C=O) groups is 1. The van der Waals surface area contributed by atoms with Crippen LogP contribution >= 0.6 is 0 Å². The van der Waals surface area contributed by atoms with Crippen molar-refractivity contribution in [2.45, 2.75) is 44.1 Å². The number of nitrogens with zero attached hydrogens (tertiary/aromatic N) is 1. The van der Waals surface area contributed by atoms with Crippen molar-refractivity contribution in [2.75, 3.05) is 6.79 Å². The van der Waals surface area contributed by atoms with Gasteiger partial charge >= 0.3 is 6.03 Å². The maximum absolute atomic E-state index is 12.3. The standard InChI is InChI=1S/C19H23N3O3/c23-18(21-19-7-13-3-14(8-19)5-15(4-13)9-19)22-20-10-12-1-2-16-17(6-12)25-11-24-16/h1-2,6,10,13-15H,3-5,7-9,11H2,(H2,21,22,23)/b20-10+. The lowest BCUT2D eigenvalue weighted by Gasteiger charge is -2.56. The summed E-state index contributed by atoms with van der Waals surface area (Å²) < 4.78 is 10.6. The number of fused-ring (bicyclic) bond motifs is 1. The quantitative estimate of drug-likeness (QED) is 0.656. The van der Waals surface area contributed by atoms with Crippen LogP contribution in [0.4, 0.5) is 4.79 Å². The fourth-order valence-electron chi connectivity index (χ4n) is 5.69. The fraction of sp³-hybridized carbons (Fsp3) is 0.579. The number of nitrogens with one attached hydrogen (secondary N) is 2. The van der Waals surface area contributed by atoms with E-state index in [2.05, 4.69) is 15.8 Å². The minimum Gasteiger partial charge on any atom is -0.454 e. The summed E-state index contributed by atoms with van der Waals surface area (Å²) in [5.74, 6) is 3.88. The van der Waals surface area contributed by atoms with Gasteiger partial charge in [-0.15, -0.1) is 0 Å². The third-order valence-electron chi connectivity index (χ3n) is 6.19. The fourth-order valence-corrected chi connectivity index (χ4v) is 5.69. The van der Waals surface area contributed by atoms with Gasteiger partial charge in [0.05, 0.1) is 6.21 Å². The third-order valence-corrected chi connectivity index (χ3v) is 6.19. The second-order valence-corrected chi connectivity index (χ2v) is 8.13. The van der Waals surface area contributed by atoms with Gasteiger partial charge in [0, 0.05) is 5.54 Å². The van der Waals surface area contributed by atoms with Crippen LogP contribution in [-0.4, -0.2) is 24.6 Å². The summed E-state index contributed by atoms with van der Waals surface area (Å²) in [7, 11) is 0. The summed E-state index contributed by atoms with van der Waals surface area (Å²) in [5, 5.41) is 7.33. The van der Waals surface area contributed by atoms with E-state index in [1.165, 1.54) is 19.3 Å². The number of ether oxygens (including phenoxy) is 2. The van der Waals surface area contributed by atoms with E-state index in [1.807, 2.05) is 18.2 Å². The predicted octanol–water partition coefficient (Wildman–Crippen LogP) is 3.02. The first-order chi connectivity index (χ1) is 12.2. The molecule has 2 amide bonds. The van der Waals surface area contributed by atoms with E-state index in [1.54, 1.807) is 6.21 Å². The van der Waals surface area contributed by atoms with Gasteiger partial charge < -0.3 is 14.8 Å². The van der Waals surface area contributed by atoms with Crippen molar-refractivity contribution in [1.82, 2.24) is 10.7 Å². The third kappa shape index (κ3) is 2.83. The van der Waals surface area contributed by atoms with E-state index >= 15 is 0 Å². The highest BCUT2D eigenvalue weighted by atomic mass is 16.7. The number of amides is 2. The van der Waals surface area contributed by atoms with Gasteiger partial charge in [-0.2, -0.15) is 5.10 Å². The van der Waals surface area contributed by atoms with Crippen LogP contribution in [0.25, 0.3) is 0 Å². The first kappa shape index (κ1) is 15.0. The molecule has 0 aromatic heterocycles. The Balaban J connectivity index is 1.20. The van der Waals surface area contributed by atoms with Gasteiger partial charge in [-0.25, -0.2) is 10.2 Å². The van der Waals surface area contributed by atoms with Gasteiger partial charge in [0.25, 0.3) is 0 Å². The van der Waals surface area contributed by atoms with Gasteiger partial charge in [-0.05, 0) is 80.0 Å². The highest BCUT2D eigenvalue weighted by Crippen LogP contribution is 2.55. The number of carbonyl (C=O) groups excluding carboxylic acids is 1. The molecular formula is C19H23N3O3. The highest BCUT2D eigenvalue weighted by Gasteiger charge is 2.51. The van der Waals surface area contributed by atoms with Crippen molar-refractivity contribution in [2.24, 2.45) is 22.9 Å². The van der Waals surface area contributed by atoms with E-state index in [0.717, 1.165) is 48.3 Å². The van der Waals surface area contributed by atoms with Crippen LogP contribution in [0.2, 0.25) is 0 Å². The topological polar surface area (TPSA) is 72.0 Å². The van der Waals surface area contributed by atoms with E-state index in [4.69, 9.17) is 9.47 Å². The Labute approximate surface area is 147 Å². The molecule has 1 aromatic carbocycles. The Morgan fingerprint density at radius 2 is 1.76 bits per heavy atom. The van der Waals surface area contributed by atoms with Crippen molar-refractivity contribution in [3.63, 3.8) is 0 Å². The maximum atomic E-state index is 12.3. The second kappa shape index (κ2) is 5.64. The molecule has 0 spiro atoms. The summed E-state index contributed by atoms with van der Waals surface area (Å²) >= 11 is 0. The van der Waals surface area contributed by atoms with Crippen LogP contribution in [0.15, 0.2) is 23.3 Å². The smallest absolute Gasteiger partial charge is 0.335 e. The second-order valence-electron chi connectivity index (χ2n) is 8.13. The lowest BCUT2D eigenvalue weighted by molar-refractivity contribution is -0.0135. The molecule has 6 rings (SSSR count). The van der Waals surface area contributed by atoms with E-state index in [-0.39, 0.29) is 18.4 Å². The summed E-state index contributed by atoms with van der Waals surface area (Å²) in [6, 6.07) is 5.39. The summed E-state index contributed by atoms with van der Waals surface area (Å²) in [6.45, 7) is 0.252. The maximum Gasteiger partial charge on any atom is 0.335 e. The molecule has 4 aliphatic carbocycles. The largest absolute Gasteiger partial charge is 0.454 e. The molecule has 0 saturated heterocycles. The molecule has 4 fully saturated rings. The summed E-state index contributed by atoms with van der Waals surface area (Å²) in [4.78, 5) is 12.3. The molecule has 4 bridgehead atoms. The lowest BCUT2D eigenvalue weighted by Crippen LogP contribution is -2.61. The molecule has 0 atom stereocenters. The molecular weight excluding hydrogens is 318 g/mol. The average Bonchev–Trinajstić information content (AvgIpc) is 3.00. The van der Waals surface area contributed by atoms with Crippen LogP contribution < -0.4 is 20.2 Å². The Kier molecular flexibility index (Phi) is 3.40. The van der Waals surface area contributed by atoms with E-state index in [9.17, 15) is 4.79 Å². The van der Waals surface area contributed by atoms with Crippen molar-refractivity contribution in [3.05, 3.63) is 23.8 Å². The monoisotopic (exact) mass is 341 g/mol. The average molecular weight is 341 g/mol. The van der Waals surface area contributed by atoms with Crippen molar-refractivity contribution in [1.29, 1.82) is 0 Å². The van der Waals surface area contributed by atoms with Crippen molar-refractivity contribution >= 4 is 12.2 Å². The first-order valence-corrected chi connectivity index (χ1v) is 9.18. The van der Waals surface area contributed by atoms with Crippen LogP contribution in [0.5, 0.6) is 11.5 Å². The van der Waals surface area contributed by atoms with Gasteiger partial charge in [0.2, 0.25) is 6.79 Å². The molecule has 5 aliphatic rings. The lowest BCUT2D eigenvalue weighted by atomic mass is 9.53. The zero-order valence-electron chi connectivity index (χ0n) is 14.2. The molecule has 6 heteroatoms. The molecule has 0 radical (unpaired) electrons. The summed E-state index contributed by atoms with van der Waals surface area (Å²) in [5.41, 5.74) is 3.49. The van der Waals surface area contributed by atoms with Crippen molar-refractivity contribution in [3.8, 4) is 11.5 Å². The number of urea groups is 1. The minimum atomic E-state index is -0.195. The molecule has 1 aromatic rings. The number of rotatable bonds is 3. The van der Waals surface area contributed by atoms with Gasteiger partial charge in [0.15, 0.2) is 11.5 Å². The summed E-state index contributed by atoms with van der Waals surface area (Å²) in [6.07, 6.45) is 9.14. The number of hydrogen-bond acceptors (Lipinski definition) is 4. The molecule has 4 saturated carbocycles. The molecule has 0 unspecified atom stereocenters. The Morgan fingerprint density at radius 3 is 2.48 bits per heavy atom. The van der Waals surface area contributed by atoms with Gasteiger partial charge in [0.1, 0.15) is 0 Å². The highest BCUT2D eigenvalue weighted by molar-refractivity contribution is 5.83. The molecule has 132 valence electrons. The van der Waals surface area contributed by atoms with Gasteiger partial charge in [-0.3, -0.25) is 0 Å². The first-order valence-electron chi connectivity index (χ1n) is 9.18. The Bertz CT molecular complexity index is 695. The van der Waals surface area contributed by atoms with Crippen LogP contribution in [0.3, 0.4) is 0 Å². The molecule has 25 heavy (non-hydrogen) atoms. The molecule has 6 nitrogen and oxygen atoms in total. The van der Waals surface area contributed by atoms with E-state index in [0.29, 0.717) is 5.75 Å². The van der Waals surface area contributed by atoms with Crippen LogP contribution in [-0.2, 0) is 0 Å². The predicted molar refractivity (Wildman–Crippen MR) is 92.7 cm³/mol.